The van der Waals surface area contributed by atoms with E-state index in [0.717, 1.165) is 22.1 Å². The fourth-order valence-corrected chi connectivity index (χ4v) is 2.69. The predicted octanol–water partition coefficient (Wildman–Crippen LogP) is 3.17. The van der Waals surface area contributed by atoms with E-state index in [9.17, 15) is 4.79 Å². The van der Waals surface area contributed by atoms with Crippen LogP contribution in [-0.4, -0.2) is 17.1 Å². The number of para-hydroxylation sites is 1. The Labute approximate surface area is 114 Å². The molecule has 0 bridgehead atoms. The van der Waals surface area contributed by atoms with Crippen molar-refractivity contribution < 1.29 is 4.74 Å². The second-order valence-electron chi connectivity index (χ2n) is 4.79. The van der Waals surface area contributed by atoms with Gasteiger partial charge in [0.05, 0.1) is 18.0 Å². The summed E-state index contributed by atoms with van der Waals surface area (Å²) in [4.78, 5) is 19.3. The molecule has 0 aliphatic heterocycles. The van der Waals surface area contributed by atoms with Gasteiger partial charge in [-0.2, -0.15) is 0 Å². The minimum atomic E-state index is 0.0186. The SMILES string of the molecule is COc1ccc2[nH]c3[nH]c4ccccc4c3c(=O)c2c1. The van der Waals surface area contributed by atoms with Crippen LogP contribution in [0.1, 0.15) is 0 Å². The molecule has 2 aromatic carbocycles. The summed E-state index contributed by atoms with van der Waals surface area (Å²) in [5.41, 5.74) is 2.53. The molecule has 4 rings (SSSR count). The van der Waals surface area contributed by atoms with Gasteiger partial charge in [0.1, 0.15) is 11.4 Å². The van der Waals surface area contributed by atoms with E-state index in [0.29, 0.717) is 16.5 Å². The number of hydrogen-bond donors (Lipinski definition) is 2. The van der Waals surface area contributed by atoms with Gasteiger partial charge < -0.3 is 14.7 Å². The van der Waals surface area contributed by atoms with Crippen LogP contribution in [0.5, 0.6) is 5.75 Å². The summed E-state index contributed by atoms with van der Waals surface area (Å²) < 4.78 is 5.20. The summed E-state index contributed by atoms with van der Waals surface area (Å²) in [5.74, 6) is 0.683. The quantitative estimate of drug-likeness (QED) is 0.554. The molecule has 4 nitrogen and oxygen atoms in total. The molecule has 2 aromatic heterocycles. The number of H-pyrrole nitrogens is 2. The Kier molecular flexibility index (Phi) is 2.15. The second-order valence-corrected chi connectivity index (χ2v) is 4.79. The van der Waals surface area contributed by atoms with Gasteiger partial charge in [0.15, 0.2) is 5.43 Å². The molecule has 20 heavy (non-hydrogen) atoms. The minimum Gasteiger partial charge on any atom is -0.497 e. The molecule has 0 aliphatic rings. The van der Waals surface area contributed by atoms with E-state index in [-0.39, 0.29) is 5.43 Å². The zero-order valence-electron chi connectivity index (χ0n) is 10.9. The maximum absolute atomic E-state index is 12.7. The molecule has 0 radical (unpaired) electrons. The van der Waals surface area contributed by atoms with Crippen LogP contribution in [0.2, 0.25) is 0 Å². The molecule has 0 saturated carbocycles. The Morgan fingerprint density at radius 2 is 1.70 bits per heavy atom. The van der Waals surface area contributed by atoms with E-state index in [2.05, 4.69) is 9.97 Å². The fourth-order valence-electron chi connectivity index (χ4n) is 2.69. The summed E-state index contributed by atoms with van der Waals surface area (Å²) in [6.07, 6.45) is 0. The van der Waals surface area contributed by atoms with Gasteiger partial charge in [-0.15, -0.1) is 0 Å². The maximum atomic E-state index is 12.7. The third kappa shape index (κ3) is 1.39. The number of rotatable bonds is 1. The average molecular weight is 264 g/mol. The first-order valence-corrected chi connectivity index (χ1v) is 6.38. The van der Waals surface area contributed by atoms with Crippen molar-refractivity contribution in [2.75, 3.05) is 7.11 Å². The number of ether oxygens (including phenoxy) is 1. The van der Waals surface area contributed by atoms with E-state index in [1.54, 1.807) is 13.2 Å². The van der Waals surface area contributed by atoms with Gasteiger partial charge in [-0.3, -0.25) is 4.79 Å². The minimum absolute atomic E-state index is 0.0186. The predicted molar refractivity (Wildman–Crippen MR) is 80.5 cm³/mol. The van der Waals surface area contributed by atoms with Crippen LogP contribution < -0.4 is 10.2 Å². The first kappa shape index (κ1) is 11.1. The molecular weight excluding hydrogens is 252 g/mol. The second kappa shape index (κ2) is 3.87. The van der Waals surface area contributed by atoms with E-state index in [4.69, 9.17) is 4.74 Å². The molecule has 0 saturated heterocycles. The summed E-state index contributed by atoms with van der Waals surface area (Å²) in [7, 11) is 1.60. The first-order valence-electron chi connectivity index (χ1n) is 6.38. The van der Waals surface area contributed by atoms with Crippen molar-refractivity contribution in [1.29, 1.82) is 0 Å². The lowest BCUT2D eigenvalue weighted by Gasteiger charge is -2.02. The molecule has 4 aromatic rings. The monoisotopic (exact) mass is 264 g/mol. The summed E-state index contributed by atoms with van der Waals surface area (Å²) in [6.45, 7) is 0. The third-order valence-electron chi connectivity index (χ3n) is 3.66. The number of benzene rings is 2. The highest BCUT2D eigenvalue weighted by atomic mass is 16.5. The highest BCUT2D eigenvalue weighted by molar-refractivity contribution is 6.09. The van der Waals surface area contributed by atoms with E-state index < -0.39 is 0 Å². The average Bonchev–Trinajstić information content (AvgIpc) is 2.85. The van der Waals surface area contributed by atoms with Crippen LogP contribution in [0.4, 0.5) is 0 Å². The molecule has 0 fully saturated rings. The van der Waals surface area contributed by atoms with Crippen molar-refractivity contribution in [1.82, 2.24) is 9.97 Å². The van der Waals surface area contributed by atoms with Crippen LogP contribution in [0.25, 0.3) is 32.8 Å². The van der Waals surface area contributed by atoms with Gasteiger partial charge in [0.2, 0.25) is 0 Å². The van der Waals surface area contributed by atoms with Gasteiger partial charge in [-0.05, 0) is 24.3 Å². The highest BCUT2D eigenvalue weighted by Gasteiger charge is 2.11. The molecule has 0 spiro atoms. The van der Waals surface area contributed by atoms with Gasteiger partial charge in [0.25, 0.3) is 0 Å². The van der Waals surface area contributed by atoms with Crippen LogP contribution in [0.15, 0.2) is 47.3 Å². The van der Waals surface area contributed by atoms with Crippen molar-refractivity contribution in [2.45, 2.75) is 0 Å². The van der Waals surface area contributed by atoms with Crippen molar-refractivity contribution in [3.05, 3.63) is 52.7 Å². The van der Waals surface area contributed by atoms with Gasteiger partial charge >= 0.3 is 0 Å². The number of nitrogens with one attached hydrogen (secondary N) is 2. The normalized spacial score (nSPS) is 11.4. The Balaban J connectivity index is 2.26. The molecule has 4 heteroatoms. The number of pyridine rings is 1. The van der Waals surface area contributed by atoms with Crippen LogP contribution in [-0.2, 0) is 0 Å². The Morgan fingerprint density at radius 1 is 0.950 bits per heavy atom. The molecular formula is C16H12N2O2. The number of fused-ring (bicyclic) bond motifs is 4. The van der Waals surface area contributed by atoms with Crippen molar-refractivity contribution in [3.8, 4) is 5.75 Å². The lowest BCUT2D eigenvalue weighted by molar-refractivity contribution is 0.415. The number of aromatic amines is 2. The third-order valence-corrected chi connectivity index (χ3v) is 3.66. The molecule has 0 atom stereocenters. The van der Waals surface area contributed by atoms with Crippen molar-refractivity contribution in [3.63, 3.8) is 0 Å². The molecule has 0 amide bonds. The number of methoxy groups -OCH3 is 1. The van der Waals surface area contributed by atoms with Crippen LogP contribution >= 0.6 is 0 Å². The van der Waals surface area contributed by atoms with Gasteiger partial charge in [-0.25, -0.2) is 0 Å². The van der Waals surface area contributed by atoms with E-state index in [1.807, 2.05) is 36.4 Å². The first-order chi connectivity index (χ1) is 9.78. The van der Waals surface area contributed by atoms with E-state index in [1.165, 1.54) is 0 Å². The van der Waals surface area contributed by atoms with E-state index >= 15 is 0 Å². The van der Waals surface area contributed by atoms with Crippen LogP contribution in [0.3, 0.4) is 0 Å². The fraction of sp³-hybridized carbons (Fsp3) is 0.0625. The van der Waals surface area contributed by atoms with Gasteiger partial charge in [-0.1, -0.05) is 18.2 Å². The number of aromatic nitrogens is 2. The van der Waals surface area contributed by atoms with Crippen LogP contribution in [0, 0.1) is 0 Å². The van der Waals surface area contributed by atoms with Crippen molar-refractivity contribution >= 4 is 32.8 Å². The highest BCUT2D eigenvalue weighted by Crippen LogP contribution is 2.24. The zero-order chi connectivity index (χ0) is 13.7. The molecule has 0 aliphatic carbocycles. The lowest BCUT2D eigenvalue weighted by Crippen LogP contribution is -2.03. The zero-order valence-corrected chi connectivity index (χ0v) is 10.9. The Morgan fingerprint density at radius 3 is 2.50 bits per heavy atom. The standard InChI is InChI=1S/C16H12N2O2/c1-20-9-6-7-13-11(8-9)15(19)14-10-4-2-3-5-12(10)17-16(14)18-13/h2-8H,1H3,(H2,17,18,19). The molecule has 2 N–H and O–H groups in total. The lowest BCUT2D eigenvalue weighted by atomic mass is 10.1. The largest absolute Gasteiger partial charge is 0.497 e. The maximum Gasteiger partial charge on any atom is 0.199 e. The number of hydrogen-bond acceptors (Lipinski definition) is 2. The molecule has 0 unspecified atom stereocenters. The summed E-state index contributed by atoms with van der Waals surface area (Å²) in [6, 6.07) is 13.3. The Hall–Kier alpha value is -2.75. The van der Waals surface area contributed by atoms with Crippen molar-refractivity contribution in [2.24, 2.45) is 0 Å². The molecule has 98 valence electrons. The summed E-state index contributed by atoms with van der Waals surface area (Å²) >= 11 is 0. The smallest absolute Gasteiger partial charge is 0.199 e. The topological polar surface area (TPSA) is 57.9 Å². The summed E-state index contributed by atoms with van der Waals surface area (Å²) in [5, 5.41) is 2.27. The van der Waals surface area contributed by atoms with Gasteiger partial charge in [0, 0.05) is 16.3 Å². The Bertz CT molecular complexity index is 1010. The molecule has 2 heterocycles.